The first-order valence-corrected chi connectivity index (χ1v) is 11.8. The molecule has 122 valence electrons. The predicted octanol–water partition coefficient (Wildman–Crippen LogP) is 2.01. The summed E-state index contributed by atoms with van der Waals surface area (Å²) in [6.45, 7) is 8.32. The molecule has 1 N–H and O–H groups in total. The second-order valence-electron chi connectivity index (χ2n) is 5.20. The maximum absolute atomic E-state index is 12.1. The van der Waals surface area contributed by atoms with Gasteiger partial charge in [-0.1, -0.05) is 0 Å². The summed E-state index contributed by atoms with van der Waals surface area (Å²) in [7, 11) is -7.02. The Morgan fingerprint density at radius 2 is 1.25 bits per heavy atom. The smallest absolute Gasteiger partial charge is 0.377 e. The van der Waals surface area contributed by atoms with Crippen LogP contribution in [-0.2, 0) is 30.7 Å². The van der Waals surface area contributed by atoms with Crippen LogP contribution in [0.1, 0.15) is 20.8 Å². The van der Waals surface area contributed by atoms with E-state index >= 15 is 0 Å². The van der Waals surface area contributed by atoms with Crippen molar-refractivity contribution in [2.45, 2.75) is 39.5 Å². The molecule has 0 rings (SSSR count). The molecule has 0 aliphatic heterocycles. The fourth-order valence-electron chi connectivity index (χ4n) is 1.25. The van der Waals surface area contributed by atoms with E-state index in [1.165, 1.54) is 34.4 Å². The quantitative estimate of drug-likeness (QED) is 0.526. The molecule has 0 aliphatic carbocycles. The van der Waals surface area contributed by atoms with Crippen LogP contribution in [0.4, 0.5) is 0 Å². The van der Waals surface area contributed by atoms with Gasteiger partial charge in [-0.15, -0.1) is 0 Å². The maximum Gasteiger partial charge on any atom is 0.506 e. The van der Waals surface area contributed by atoms with E-state index in [2.05, 4.69) is 0 Å². The molecule has 20 heavy (non-hydrogen) atoms. The molecule has 0 aromatic heterocycles. The summed E-state index contributed by atoms with van der Waals surface area (Å²) >= 11 is 0. The van der Waals surface area contributed by atoms with Crippen LogP contribution >= 0.6 is 7.82 Å². The van der Waals surface area contributed by atoms with Crippen molar-refractivity contribution in [3.05, 3.63) is 0 Å². The van der Waals surface area contributed by atoms with Crippen molar-refractivity contribution < 1.29 is 35.6 Å². The van der Waals surface area contributed by atoms with Gasteiger partial charge < -0.3 is 22.6 Å². The third-order valence-corrected chi connectivity index (χ3v) is 9.87. The fraction of sp³-hybridized carbons (Fsp3) is 1.00. The molecule has 11 heteroatoms. The highest BCUT2D eigenvalue weighted by atomic mass is 31.2. The van der Waals surface area contributed by atoms with Gasteiger partial charge in [0.05, 0.1) is 5.60 Å². The van der Waals surface area contributed by atoms with E-state index in [1.807, 2.05) is 0 Å². The molecule has 0 saturated carbocycles. The summed E-state index contributed by atoms with van der Waals surface area (Å²) < 4.78 is 42.9. The first-order chi connectivity index (χ1) is 8.80. The first kappa shape index (κ1) is 20.4. The van der Waals surface area contributed by atoms with Crippen molar-refractivity contribution in [2.24, 2.45) is 0 Å². The van der Waals surface area contributed by atoms with Gasteiger partial charge in [0.2, 0.25) is 0 Å². The Kier molecular flexibility index (Phi) is 7.23. The van der Waals surface area contributed by atoms with E-state index in [0.29, 0.717) is 0 Å². The molecule has 0 bridgehead atoms. The lowest BCUT2D eigenvalue weighted by Gasteiger charge is -2.34. The van der Waals surface area contributed by atoms with E-state index < -0.39 is 31.0 Å². The zero-order valence-electron chi connectivity index (χ0n) is 13.3. The average Bonchev–Trinajstić information content (AvgIpc) is 2.24. The predicted molar refractivity (Wildman–Crippen MR) is 77.1 cm³/mol. The lowest BCUT2D eigenvalue weighted by molar-refractivity contribution is 0.0304. The van der Waals surface area contributed by atoms with Gasteiger partial charge in [-0.05, 0) is 20.8 Å². The summed E-state index contributed by atoms with van der Waals surface area (Å²) in [6, 6.07) is 0. The van der Waals surface area contributed by atoms with Crippen LogP contribution in [0, 0.1) is 0 Å². The Balaban J connectivity index is 5.00. The monoisotopic (exact) mass is 348 g/mol. The zero-order valence-corrected chi connectivity index (χ0v) is 16.1. The Bertz CT molecular complexity index is 356. The van der Waals surface area contributed by atoms with E-state index in [9.17, 15) is 9.46 Å². The lowest BCUT2D eigenvalue weighted by Crippen LogP contribution is -2.47. The van der Waals surface area contributed by atoms with Crippen LogP contribution in [-0.4, -0.2) is 49.4 Å². The number of rotatable bonds is 8. The van der Waals surface area contributed by atoms with Gasteiger partial charge in [-0.2, -0.15) is 0 Å². The third-order valence-electron chi connectivity index (χ3n) is 2.17. The van der Waals surface area contributed by atoms with E-state index in [-0.39, 0.29) is 0 Å². The minimum atomic E-state index is -4.45. The standard InChI is InChI=1S/C9H25O8PSi2/c1-9(2,3)15-20(8,14-6)17-18(10,11)16-19(7,12-4)13-5/h1-8H3,(H,10,11). The molecule has 0 saturated heterocycles. The Morgan fingerprint density at radius 1 is 0.900 bits per heavy atom. The largest absolute Gasteiger partial charge is 0.506 e. The molecule has 8 nitrogen and oxygen atoms in total. The minimum Gasteiger partial charge on any atom is -0.377 e. The van der Waals surface area contributed by atoms with Crippen molar-refractivity contribution in [1.82, 2.24) is 0 Å². The summed E-state index contributed by atoms with van der Waals surface area (Å²) in [6.07, 6.45) is 0. The van der Waals surface area contributed by atoms with Crippen LogP contribution in [0.15, 0.2) is 0 Å². The van der Waals surface area contributed by atoms with E-state index in [0.717, 1.165) is 0 Å². The van der Waals surface area contributed by atoms with Crippen molar-refractivity contribution in [2.75, 3.05) is 21.3 Å². The Labute approximate surface area is 122 Å². The van der Waals surface area contributed by atoms with Gasteiger partial charge in [0.25, 0.3) is 0 Å². The molecule has 0 aromatic rings. The molecule has 0 heterocycles. The summed E-state index contributed by atoms with van der Waals surface area (Å²) in [5.41, 5.74) is -0.597. The van der Waals surface area contributed by atoms with Gasteiger partial charge in [0, 0.05) is 34.4 Å². The van der Waals surface area contributed by atoms with Crippen LogP contribution in [0.25, 0.3) is 0 Å². The van der Waals surface area contributed by atoms with Gasteiger partial charge >= 0.3 is 25.4 Å². The summed E-state index contributed by atoms with van der Waals surface area (Å²) in [5, 5.41) is 0. The Morgan fingerprint density at radius 3 is 1.55 bits per heavy atom. The molecule has 2 atom stereocenters. The van der Waals surface area contributed by atoms with Crippen LogP contribution in [0.2, 0.25) is 13.1 Å². The highest BCUT2D eigenvalue weighted by Gasteiger charge is 2.49. The highest BCUT2D eigenvalue weighted by molar-refractivity contribution is 7.50. The number of phosphoric acid groups is 1. The normalized spacial score (nSPS) is 19.4. The second kappa shape index (κ2) is 7.10. The molecule has 0 radical (unpaired) electrons. The fourth-order valence-corrected chi connectivity index (χ4v) is 7.49. The SMILES string of the molecule is CO[Si](C)(OC)OP(=O)(O)O[Si](C)(OC)OC(C)(C)C. The molecule has 0 amide bonds. The van der Waals surface area contributed by atoms with Crippen LogP contribution < -0.4 is 0 Å². The summed E-state index contributed by atoms with van der Waals surface area (Å²) in [4.78, 5) is 9.84. The molecule has 2 unspecified atom stereocenters. The van der Waals surface area contributed by atoms with Crippen molar-refractivity contribution in [3.8, 4) is 0 Å². The Hall–Kier alpha value is 0.384. The maximum atomic E-state index is 12.1. The minimum absolute atomic E-state index is 0.597. The molecule has 0 spiro atoms. The number of hydrogen-bond donors (Lipinski definition) is 1. The first-order valence-electron chi connectivity index (χ1n) is 5.90. The van der Waals surface area contributed by atoms with Crippen molar-refractivity contribution in [3.63, 3.8) is 0 Å². The van der Waals surface area contributed by atoms with Gasteiger partial charge in [0.1, 0.15) is 0 Å². The van der Waals surface area contributed by atoms with Crippen molar-refractivity contribution >= 4 is 25.4 Å². The number of hydrogen-bond acceptors (Lipinski definition) is 7. The molecular formula is C9H25O8PSi2. The van der Waals surface area contributed by atoms with Crippen LogP contribution in [0.5, 0.6) is 0 Å². The third kappa shape index (κ3) is 7.41. The molecule has 0 aromatic carbocycles. The van der Waals surface area contributed by atoms with E-state index in [1.54, 1.807) is 20.8 Å². The molecular weight excluding hydrogens is 323 g/mol. The van der Waals surface area contributed by atoms with Gasteiger partial charge in [0.15, 0.2) is 0 Å². The van der Waals surface area contributed by atoms with Crippen LogP contribution in [0.3, 0.4) is 0 Å². The highest BCUT2D eigenvalue weighted by Crippen LogP contribution is 2.49. The topological polar surface area (TPSA) is 92.7 Å². The zero-order chi connectivity index (χ0) is 16.2. The van der Waals surface area contributed by atoms with Crippen molar-refractivity contribution in [1.29, 1.82) is 0 Å². The molecule has 0 fully saturated rings. The average molecular weight is 348 g/mol. The molecule has 0 aliphatic rings. The second-order valence-corrected chi connectivity index (χ2v) is 12.5. The van der Waals surface area contributed by atoms with E-state index in [4.69, 9.17) is 26.1 Å². The summed E-state index contributed by atoms with van der Waals surface area (Å²) in [5.74, 6) is 0. The van der Waals surface area contributed by atoms with Gasteiger partial charge in [-0.3, -0.25) is 8.43 Å². The van der Waals surface area contributed by atoms with Gasteiger partial charge in [-0.25, -0.2) is 4.57 Å². The lowest BCUT2D eigenvalue weighted by atomic mass is 10.2.